The number of likely N-dealkylation sites (tertiary alicyclic amines) is 1. The summed E-state index contributed by atoms with van der Waals surface area (Å²) in [5, 5.41) is 0. The van der Waals surface area contributed by atoms with Crippen LogP contribution in [0.1, 0.15) is 26.7 Å². The lowest BCUT2D eigenvalue weighted by atomic mass is 9.75. The molecular weight excluding hydrogens is 230 g/mol. The number of rotatable bonds is 2. The Hall–Kier alpha value is -0.490. The van der Waals surface area contributed by atoms with Gasteiger partial charge in [-0.2, -0.15) is 0 Å². The first kappa shape index (κ1) is 10.6. The Morgan fingerprint density at radius 3 is 2.38 bits per heavy atom. The fourth-order valence-corrected chi connectivity index (χ4v) is 1.89. The highest BCUT2D eigenvalue weighted by Crippen LogP contribution is 2.36. The van der Waals surface area contributed by atoms with Crippen LogP contribution in [-0.4, -0.2) is 23.9 Å². The van der Waals surface area contributed by atoms with E-state index in [4.69, 9.17) is 0 Å². The van der Waals surface area contributed by atoms with Crippen molar-refractivity contribution in [3.8, 4) is 10.8 Å². The van der Waals surface area contributed by atoms with Crippen LogP contribution >= 0.6 is 15.9 Å². The van der Waals surface area contributed by atoms with Gasteiger partial charge >= 0.3 is 0 Å². The summed E-state index contributed by atoms with van der Waals surface area (Å²) in [6.07, 6.45) is 2.30. The van der Waals surface area contributed by atoms with Crippen LogP contribution < -0.4 is 0 Å². The number of amides is 1. The minimum Gasteiger partial charge on any atom is -0.331 e. The largest absolute Gasteiger partial charge is 0.331 e. The van der Waals surface area contributed by atoms with Crippen molar-refractivity contribution in [1.29, 1.82) is 0 Å². The van der Waals surface area contributed by atoms with Gasteiger partial charge in [-0.25, -0.2) is 0 Å². The molecule has 0 bridgehead atoms. The highest BCUT2D eigenvalue weighted by Gasteiger charge is 2.41. The Kier molecular flexibility index (Phi) is 3.38. The summed E-state index contributed by atoms with van der Waals surface area (Å²) in [5.41, 5.74) is 0.379. The maximum absolute atomic E-state index is 11.3. The van der Waals surface area contributed by atoms with Crippen molar-refractivity contribution in [2.24, 2.45) is 5.41 Å². The summed E-state index contributed by atoms with van der Waals surface area (Å²) in [6, 6.07) is 0. The number of hydrogen-bond donors (Lipinski definition) is 0. The van der Waals surface area contributed by atoms with Gasteiger partial charge in [0.1, 0.15) is 0 Å². The van der Waals surface area contributed by atoms with Crippen LogP contribution in [0.2, 0.25) is 0 Å². The Morgan fingerprint density at radius 2 is 2.00 bits per heavy atom. The second-order valence-electron chi connectivity index (χ2n) is 3.59. The third kappa shape index (κ3) is 2.05. The van der Waals surface area contributed by atoms with Gasteiger partial charge in [0.2, 0.25) is 0 Å². The van der Waals surface area contributed by atoms with Gasteiger partial charge < -0.3 is 4.90 Å². The van der Waals surface area contributed by atoms with Crippen LogP contribution in [0.5, 0.6) is 0 Å². The number of carbonyl (C=O) groups excluding carboxylic acids is 1. The lowest BCUT2D eigenvalue weighted by Crippen LogP contribution is -2.57. The monoisotopic (exact) mass is 243 g/mol. The lowest BCUT2D eigenvalue weighted by Gasteiger charge is -2.48. The molecule has 0 spiro atoms. The summed E-state index contributed by atoms with van der Waals surface area (Å²) in [6.45, 7) is 6.12. The van der Waals surface area contributed by atoms with Gasteiger partial charge in [-0.1, -0.05) is 13.8 Å². The van der Waals surface area contributed by atoms with Crippen molar-refractivity contribution >= 4 is 21.8 Å². The zero-order chi connectivity index (χ0) is 9.90. The molecule has 13 heavy (non-hydrogen) atoms. The smallest absolute Gasteiger partial charge is 0.299 e. The van der Waals surface area contributed by atoms with E-state index in [9.17, 15) is 4.79 Å². The number of halogens is 1. The quantitative estimate of drug-likeness (QED) is 0.680. The van der Waals surface area contributed by atoms with E-state index in [0.29, 0.717) is 5.41 Å². The van der Waals surface area contributed by atoms with Gasteiger partial charge in [0.15, 0.2) is 0 Å². The summed E-state index contributed by atoms with van der Waals surface area (Å²) in [7, 11) is 0. The lowest BCUT2D eigenvalue weighted by molar-refractivity contribution is -0.137. The minimum atomic E-state index is -0.0607. The van der Waals surface area contributed by atoms with E-state index >= 15 is 0 Å². The molecule has 2 nitrogen and oxygen atoms in total. The van der Waals surface area contributed by atoms with E-state index in [-0.39, 0.29) is 5.91 Å². The van der Waals surface area contributed by atoms with Crippen LogP contribution in [0.15, 0.2) is 0 Å². The van der Waals surface area contributed by atoms with E-state index in [0.717, 1.165) is 25.9 Å². The predicted molar refractivity (Wildman–Crippen MR) is 56.3 cm³/mol. The predicted octanol–water partition coefficient (Wildman–Crippen LogP) is 1.99. The molecule has 1 fully saturated rings. The Labute approximate surface area is 87.8 Å². The molecule has 0 saturated carbocycles. The summed E-state index contributed by atoms with van der Waals surface area (Å²) >= 11 is 2.93. The van der Waals surface area contributed by atoms with Gasteiger partial charge in [-0.15, -0.1) is 0 Å². The molecule has 0 unspecified atom stereocenters. The highest BCUT2D eigenvalue weighted by atomic mass is 79.9. The highest BCUT2D eigenvalue weighted by molar-refractivity contribution is 9.12. The van der Waals surface area contributed by atoms with E-state index in [2.05, 4.69) is 40.5 Å². The molecule has 72 valence electrons. The molecule has 3 heteroatoms. The molecule has 0 N–H and O–H groups in total. The molecule has 0 aliphatic carbocycles. The average molecular weight is 244 g/mol. The third-order valence-corrected chi connectivity index (χ3v) is 3.19. The topological polar surface area (TPSA) is 20.3 Å². The van der Waals surface area contributed by atoms with Crippen molar-refractivity contribution in [2.45, 2.75) is 26.7 Å². The molecule has 0 atom stereocenters. The van der Waals surface area contributed by atoms with Crippen LogP contribution in [0.4, 0.5) is 0 Å². The van der Waals surface area contributed by atoms with Crippen molar-refractivity contribution in [2.75, 3.05) is 13.1 Å². The second kappa shape index (κ2) is 4.15. The maximum atomic E-state index is 11.3. The van der Waals surface area contributed by atoms with Crippen LogP contribution in [0.25, 0.3) is 0 Å². The molecule has 1 heterocycles. The molecule has 1 saturated heterocycles. The molecule has 1 aliphatic heterocycles. The number of nitrogens with zero attached hydrogens (tertiary/aromatic N) is 1. The fourth-order valence-electron chi connectivity index (χ4n) is 1.72. The third-order valence-electron chi connectivity index (χ3n) is 2.99. The van der Waals surface area contributed by atoms with Gasteiger partial charge in [0, 0.05) is 40.4 Å². The Bertz CT molecular complexity index is 252. The molecule has 1 aliphatic rings. The molecule has 0 radical (unpaired) electrons. The average Bonchev–Trinajstić information content (AvgIpc) is 2.05. The van der Waals surface area contributed by atoms with Crippen molar-refractivity contribution in [1.82, 2.24) is 4.90 Å². The van der Waals surface area contributed by atoms with Crippen LogP contribution in [-0.2, 0) is 4.79 Å². The van der Waals surface area contributed by atoms with Gasteiger partial charge in [-0.3, -0.25) is 4.79 Å². The van der Waals surface area contributed by atoms with Crippen LogP contribution in [0, 0.1) is 16.2 Å². The first-order chi connectivity index (χ1) is 6.17. The first-order valence-corrected chi connectivity index (χ1v) is 5.37. The molecule has 1 rings (SSSR count). The minimum absolute atomic E-state index is 0.0607. The Balaban J connectivity index is 2.47. The zero-order valence-corrected chi connectivity index (χ0v) is 9.65. The van der Waals surface area contributed by atoms with E-state index in [1.54, 1.807) is 4.90 Å². The number of carbonyl (C=O) groups is 1. The second-order valence-corrected chi connectivity index (χ2v) is 3.98. The summed E-state index contributed by atoms with van der Waals surface area (Å²) in [5.74, 6) is 2.43. The van der Waals surface area contributed by atoms with Crippen molar-refractivity contribution < 1.29 is 4.79 Å². The van der Waals surface area contributed by atoms with Crippen molar-refractivity contribution in [3.05, 3.63) is 0 Å². The molecular formula is C10H14BrNO. The van der Waals surface area contributed by atoms with Crippen molar-refractivity contribution in [3.63, 3.8) is 0 Å². The van der Waals surface area contributed by atoms with E-state index in [1.165, 1.54) is 0 Å². The first-order valence-electron chi connectivity index (χ1n) is 4.58. The molecule has 0 aromatic heterocycles. The fraction of sp³-hybridized carbons (Fsp3) is 0.700. The Morgan fingerprint density at radius 1 is 1.46 bits per heavy atom. The maximum Gasteiger partial charge on any atom is 0.299 e. The summed E-state index contributed by atoms with van der Waals surface area (Å²) < 4.78 is 0. The standard InChI is InChI=1S/C10H14BrNO/c1-3-10(4-2)7-12(8-10)9(13)5-6-11/h3-4,7-8H2,1-2H3. The molecule has 0 aromatic carbocycles. The van der Waals surface area contributed by atoms with E-state index < -0.39 is 0 Å². The normalized spacial score (nSPS) is 18.5. The summed E-state index contributed by atoms with van der Waals surface area (Å²) in [4.78, 5) is 15.5. The SMILES string of the molecule is CCC1(CC)CN(C(=O)C#CBr)C1. The van der Waals surface area contributed by atoms with Gasteiger partial charge in [0.05, 0.1) is 0 Å². The molecule has 0 aromatic rings. The number of hydrogen-bond acceptors (Lipinski definition) is 1. The van der Waals surface area contributed by atoms with Crippen LogP contribution in [0.3, 0.4) is 0 Å². The molecule has 1 amide bonds. The van der Waals surface area contributed by atoms with Gasteiger partial charge in [0.25, 0.3) is 5.91 Å². The zero-order valence-electron chi connectivity index (χ0n) is 8.06. The van der Waals surface area contributed by atoms with E-state index in [1.807, 2.05) is 0 Å². The van der Waals surface area contributed by atoms with Gasteiger partial charge in [-0.05, 0) is 17.7 Å².